The SMILES string of the molecule is CCOC(=O)C(C[C@@]1(CC)CCCN2CCc3c([nH]c4ccccc34)[C@H]21)=NO. The highest BCUT2D eigenvalue weighted by Crippen LogP contribution is 2.53. The van der Waals surface area contributed by atoms with Crippen LogP contribution in [0.25, 0.3) is 10.9 Å². The molecule has 1 saturated heterocycles. The summed E-state index contributed by atoms with van der Waals surface area (Å²) in [4.78, 5) is 18.6. The predicted octanol–water partition coefficient (Wildman–Crippen LogP) is 4.04. The highest BCUT2D eigenvalue weighted by molar-refractivity contribution is 6.36. The van der Waals surface area contributed by atoms with Crippen LogP contribution in [-0.2, 0) is 16.0 Å². The minimum absolute atomic E-state index is 0.133. The van der Waals surface area contributed by atoms with Crippen LogP contribution in [0.5, 0.6) is 0 Å². The fraction of sp³-hybridized carbons (Fsp3) is 0.545. The fourth-order valence-electron chi connectivity index (χ4n) is 5.37. The number of aromatic nitrogens is 1. The van der Waals surface area contributed by atoms with Crippen molar-refractivity contribution in [2.75, 3.05) is 19.7 Å². The maximum atomic E-state index is 12.3. The largest absolute Gasteiger partial charge is 0.461 e. The number of ether oxygens (including phenoxy) is 1. The van der Waals surface area contributed by atoms with Crippen LogP contribution in [0.3, 0.4) is 0 Å². The summed E-state index contributed by atoms with van der Waals surface area (Å²) >= 11 is 0. The molecule has 0 aliphatic carbocycles. The van der Waals surface area contributed by atoms with Crippen LogP contribution < -0.4 is 0 Å². The van der Waals surface area contributed by atoms with Gasteiger partial charge in [-0.25, -0.2) is 4.79 Å². The summed E-state index contributed by atoms with van der Waals surface area (Å²) < 4.78 is 5.13. The number of nitrogens with one attached hydrogen (secondary N) is 1. The average Bonchev–Trinajstić information content (AvgIpc) is 3.10. The summed E-state index contributed by atoms with van der Waals surface area (Å²) in [5, 5.41) is 14.2. The van der Waals surface area contributed by atoms with Crippen LogP contribution >= 0.6 is 0 Å². The molecule has 2 atom stereocenters. The van der Waals surface area contributed by atoms with E-state index in [1.165, 1.54) is 22.2 Å². The van der Waals surface area contributed by atoms with E-state index >= 15 is 0 Å². The number of nitrogens with zero attached hydrogens (tertiary/aromatic N) is 2. The summed E-state index contributed by atoms with van der Waals surface area (Å²) in [7, 11) is 0. The standard InChI is InChI=1S/C22H29N3O3/c1-3-22(14-18(24-27)21(26)28-4-2)11-7-12-25-13-10-16-15-8-5-6-9-17(15)23-19(16)20(22)25/h5-6,8-9,20,23,27H,3-4,7,10-14H2,1-2H3/t20-,22+/m0/s1. The number of fused-ring (bicyclic) bond motifs is 5. The van der Waals surface area contributed by atoms with Crippen molar-refractivity contribution in [1.82, 2.24) is 9.88 Å². The van der Waals surface area contributed by atoms with E-state index in [1.807, 2.05) is 0 Å². The molecule has 0 radical (unpaired) electrons. The Bertz CT molecular complexity index is 904. The molecule has 1 fully saturated rings. The van der Waals surface area contributed by atoms with E-state index in [9.17, 15) is 10.0 Å². The number of benzene rings is 1. The Kier molecular flexibility index (Phi) is 5.15. The molecule has 0 spiro atoms. The third-order valence-corrected chi connectivity index (χ3v) is 6.69. The van der Waals surface area contributed by atoms with Crippen LogP contribution in [-0.4, -0.2) is 46.5 Å². The van der Waals surface area contributed by atoms with E-state index in [4.69, 9.17) is 4.74 Å². The lowest BCUT2D eigenvalue weighted by molar-refractivity contribution is -0.135. The first-order chi connectivity index (χ1) is 13.6. The minimum atomic E-state index is -0.511. The van der Waals surface area contributed by atoms with Gasteiger partial charge in [0.15, 0.2) is 5.71 Å². The average molecular weight is 383 g/mol. The van der Waals surface area contributed by atoms with E-state index in [0.717, 1.165) is 38.8 Å². The molecule has 2 aliphatic heterocycles. The van der Waals surface area contributed by atoms with Gasteiger partial charge in [-0.05, 0) is 56.2 Å². The number of hydrogen-bond acceptors (Lipinski definition) is 5. The third-order valence-electron chi connectivity index (χ3n) is 6.69. The number of esters is 1. The Morgan fingerprint density at radius 3 is 2.93 bits per heavy atom. The lowest BCUT2D eigenvalue weighted by atomic mass is 9.65. The second-order valence-electron chi connectivity index (χ2n) is 8.01. The van der Waals surface area contributed by atoms with Crippen LogP contribution in [0.4, 0.5) is 0 Å². The van der Waals surface area contributed by atoms with Gasteiger partial charge in [0.1, 0.15) is 0 Å². The van der Waals surface area contributed by atoms with Gasteiger partial charge in [0, 0.05) is 29.6 Å². The normalized spacial score (nSPS) is 25.4. The Hall–Kier alpha value is -2.34. The van der Waals surface area contributed by atoms with Gasteiger partial charge in [-0.3, -0.25) is 4.90 Å². The van der Waals surface area contributed by atoms with E-state index in [1.54, 1.807) is 6.92 Å². The molecule has 4 rings (SSSR count). The molecule has 1 aromatic heterocycles. The second-order valence-corrected chi connectivity index (χ2v) is 8.01. The van der Waals surface area contributed by atoms with Gasteiger partial charge in [-0.2, -0.15) is 0 Å². The number of rotatable bonds is 5. The van der Waals surface area contributed by atoms with Crippen LogP contribution in [0.2, 0.25) is 0 Å². The van der Waals surface area contributed by atoms with E-state index in [2.05, 4.69) is 46.2 Å². The van der Waals surface area contributed by atoms with E-state index < -0.39 is 5.97 Å². The molecule has 6 heteroatoms. The molecule has 150 valence electrons. The molecule has 0 amide bonds. The van der Waals surface area contributed by atoms with Crippen LogP contribution in [0, 0.1) is 5.41 Å². The quantitative estimate of drug-likeness (QED) is 0.353. The van der Waals surface area contributed by atoms with Gasteiger partial charge in [0.05, 0.1) is 12.6 Å². The Morgan fingerprint density at radius 2 is 2.18 bits per heavy atom. The number of hydrogen-bond donors (Lipinski definition) is 2. The lowest BCUT2D eigenvalue weighted by Gasteiger charge is -2.52. The summed E-state index contributed by atoms with van der Waals surface area (Å²) in [6.07, 6.45) is 4.45. The first-order valence-corrected chi connectivity index (χ1v) is 10.3. The number of para-hydroxylation sites is 1. The monoisotopic (exact) mass is 383 g/mol. The first-order valence-electron chi connectivity index (χ1n) is 10.3. The summed E-state index contributed by atoms with van der Waals surface area (Å²) in [5.41, 5.74) is 3.81. The van der Waals surface area contributed by atoms with Crippen molar-refractivity contribution < 1.29 is 14.7 Å². The second kappa shape index (κ2) is 7.59. The number of aromatic amines is 1. The molecule has 1 aromatic carbocycles. The smallest absolute Gasteiger partial charge is 0.356 e. The highest BCUT2D eigenvalue weighted by Gasteiger charge is 2.48. The zero-order valence-electron chi connectivity index (χ0n) is 16.7. The summed E-state index contributed by atoms with van der Waals surface area (Å²) in [6, 6.07) is 8.67. The molecule has 0 unspecified atom stereocenters. The van der Waals surface area contributed by atoms with E-state index in [0.29, 0.717) is 6.42 Å². The molecule has 6 nitrogen and oxygen atoms in total. The molecule has 2 N–H and O–H groups in total. The number of oxime groups is 1. The van der Waals surface area contributed by atoms with Gasteiger partial charge in [-0.1, -0.05) is 30.3 Å². The zero-order chi connectivity index (χ0) is 19.7. The van der Waals surface area contributed by atoms with Gasteiger partial charge in [-0.15, -0.1) is 0 Å². The van der Waals surface area contributed by atoms with Crippen molar-refractivity contribution in [3.05, 3.63) is 35.5 Å². The van der Waals surface area contributed by atoms with Crippen molar-refractivity contribution in [3.63, 3.8) is 0 Å². The van der Waals surface area contributed by atoms with Crippen molar-refractivity contribution >= 4 is 22.6 Å². The third kappa shape index (κ3) is 3.00. The van der Waals surface area contributed by atoms with E-state index in [-0.39, 0.29) is 23.8 Å². The number of carbonyl (C=O) groups excluding carboxylic acids is 1. The number of carbonyl (C=O) groups is 1. The molecule has 3 heterocycles. The molecular weight excluding hydrogens is 354 g/mol. The topological polar surface area (TPSA) is 77.9 Å². The maximum Gasteiger partial charge on any atom is 0.356 e. The Morgan fingerprint density at radius 1 is 1.36 bits per heavy atom. The van der Waals surface area contributed by atoms with Gasteiger partial charge < -0.3 is 14.9 Å². The molecule has 28 heavy (non-hydrogen) atoms. The lowest BCUT2D eigenvalue weighted by Crippen LogP contribution is -2.50. The maximum absolute atomic E-state index is 12.3. The highest BCUT2D eigenvalue weighted by atomic mass is 16.5. The molecular formula is C22H29N3O3. The first kappa shape index (κ1) is 19.0. The van der Waals surface area contributed by atoms with Crippen LogP contribution in [0.1, 0.15) is 56.8 Å². The minimum Gasteiger partial charge on any atom is -0.461 e. The number of H-pyrrole nitrogens is 1. The summed E-state index contributed by atoms with van der Waals surface area (Å²) in [5.74, 6) is -0.511. The Balaban J connectivity index is 1.78. The number of piperidine rings is 1. The van der Waals surface area contributed by atoms with Gasteiger partial charge in [0.25, 0.3) is 0 Å². The van der Waals surface area contributed by atoms with Gasteiger partial charge >= 0.3 is 5.97 Å². The molecule has 0 bridgehead atoms. The van der Waals surface area contributed by atoms with Crippen LogP contribution in [0.15, 0.2) is 29.4 Å². The molecule has 2 aromatic rings. The molecule has 0 saturated carbocycles. The zero-order valence-corrected chi connectivity index (χ0v) is 16.7. The summed E-state index contributed by atoms with van der Waals surface area (Å²) in [6.45, 7) is 6.31. The van der Waals surface area contributed by atoms with Crippen molar-refractivity contribution in [2.45, 2.75) is 52.0 Å². The fourth-order valence-corrected chi connectivity index (χ4v) is 5.37. The van der Waals surface area contributed by atoms with Crippen molar-refractivity contribution in [1.29, 1.82) is 0 Å². The molecule has 2 aliphatic rings. The van der Waals surface area contributed by atoms with Gasteiger partial charge in [0.2, 0.25) is 0 Å². The van der Waals surface area contributed by atoms with Crippen molar-refractivity contribution in [2.24, 2.45) is 10.6 Å². The predicted molar refractivity (Wildman–Crippen MR) is 109 cm³/mol. The van der Waals surface area contributed by atoms with Crippen molar-refractivity contribution in [3.8, 4) is 0 Å². The Labute approximate surface area is 165 Å².